The number of hydrogen-bond donors (Lipinski definition) is 3. The van der Waals surface area contributed by atoms with E-state index in [-0.39, 0.29) is 12.4 Å². The number of rotatable bonds is 5. The Morgan fingerprint density at radius 2 is 2.21 bits per heavy atom. The number of pyridine rings is 1. The summed E-state index contributed by atoms with van der Waals surface area (Å²) in [5, 5.41) is 20.9. The van der Waals surface area contributed by atoms with E-state index >= 15 is 0 Å². The molecule has 0 saturated heterocycles. The zero-order chi connectivity index (χ0) is 13.7. The maximum atomic E-state index is 9.24. The molecular formula is C13H20N4O2. The number of aromatic nitrogens is 1. The van der Waals surface area contributed by atoms with Crippen LogP contribution in [0.5, 0.6) is 0 Å². The third kappa shape index (κ3) is 3.14. The van der Waals surface area contributed by atoms with Gasteiger partial charge in [-0.15, -0.1) is 0 Å². The van der Waals surface area contributed by atoms with Gasteiger partial charge in [-0.3, -0.25) is 4.98 Å². The van der Waals surface area contributed by atoms with Gasteiger partial charge in [0.15, 0.2) is 5.84 Å². The SMILES string of the molecule is NC(=NO)c1cc(N(CCO)C2CCCC2)ccn1. The topological polar surface area (TPSA) is 95.0 Å². The van der Waals surface area contributed by atoms with Crippen LogP contribution in [0.15, 0.2) is 23.5 Å². The maximum Gasteiger partial charge on any atom is 0.188 e. The molecule has 1 aliphatic rings. The van der Waals surface area contributed by atoms with Gasteiger partial charge < -0.3 is 20.9 Å². The third-order valence-corrected chi connectivity index (χ3v) is 3.55. The molecule has 1 aliphatic carbocycles. The Balaban J connectivity index is 2.25. The van der Waals surface area contributed by atoms with Gasteiger partial charge in [0.25, 0.3) is 0 Å². The van der Waals surface area contributed by atoms with Crippen LogP contribution in [0.1, 0.15) is 31.4 Å². The number of nitrogens with two attached hydrogens (primary N) is 1. The molecule has 0 bridgehead atoms. The highest BCUT2D eigenvalue weighted by atomic mass is 16.4. The van der Waals surface area contributed by atoms with E-state index in [9.17, 15) is 5.11 Å². The number of anilines is 1. The first kappa shape index (κ1) is 13.6. The molecule has 104 valence electrons. The van der Waals surface area contributed by atoms with Crippen molar-refractivity contribution in [3.8, 4) is 0 Å². The van der Waals surface area contributed by atoms with Crippen LogP contribution in [0.25, 0.3) is 0 Å². The molecule has 0 aromatic carbocycles. The van der Waals surface area contributed by atoms with Crippen molar-refractivity contribution in [3.63, 3.8) is 0 Å². The second-order valence-electron chi connectivity index (χ2n) is 4.74. The Labute approximate surface area is 112 Å². The average molecular weight is 264 g/mol. The summed E-state index contributed by atoms with van der Waals surface area (Å²) in [6, 6.07) is 4.14. The summed E-state index contributed by atoms with van der Waals surface area (Å²) in [4.78, 5) is 6.26. The molecule has 1 fully saturated rings. The van der Waals surface area contributed by atoms with E-state index in [1.807, 2.05) is 6.07 Å². The van der Waals surface area contributed by atoms with E-state index in [2.05, 4.69) is 15.0 Å². The fourth-order valence-corrected chi connectivity index (χ4v) is 2.64. The second kappa shape index (κ2) is 6.38. The number of oxime groups is 1. The summed E-state index contributed by atoms with van der Waals surface area (Å²) in [6.45, 7) is 0.696. The second-order valence-corrected chi connectivity index (χ2v) is 4.74. The van der Waals surface area contributed by atoms with E-state index in [0.717, 1.165) is 18.5 Å². The van der Waals surface area contributed by atoms with Crippen LogP contribution < -0.4 is 10.6 Å². The summed E-state index contributed by atoms with van der Waals surface area (Å²) >= 11 is 0. The average Bonchev–Trinajstić information content (AvgIpc) is 2.98. The molecule has 6 heteroatoms. The molecule has 4 N–H and O–H groups in total. The lowest BCUT2D eigenvalue weighted by Gasteiger charge is -2.30. The van der Waals surface area contributed by atoms with Crippen molar-refractivity contribution in [1.82, 2.24) is 4.98 Å². The van der Waals surface area contributed by atoms with E-state index < -0.39 is 0 Å². The first-order valence-electron chi connectivity index (χ1n) is 6.57. The zero-order valence-corrected chi connectivity index (χ0v) is 10.9. The summed E-state index contributed by atoms with van der Waals surface area (Å²) in [5.41, 5.74) is 6.96. The number of nitrogens with zero attached hydrogens (tertiary/aromatic N) is 3. The lowest BCUT2D eigenvalue weighted by Crippen LogP contribution is -2.36. The Bertz CT molecular complexity index is 444. The molecule has 0 radical (unpaired) electrons. The van der Waals surface area contributed by atoms with Crippen LogP contribution in [-0.4, -0.2) is 40.3 Å². The minimum absolute atomic E-state index is 0.00257. The molecule has 0 aliphatic heterocycles. The first-order chi connectivity index (χ1) is 9.26. The molecule has 0 spiro atoms. The molecule has 1 aromatic rings. The highest BCUT2D eigenvalue weighted by Crippen LogP contribution is 2.28. The van der Waals surface area contributed by atoms with Crippen LogP contribution in [-0.2, 0) is 0 Å². The van der Waals surface area contributed by atoms with Crippen LogP contribution in [0.3, 0.4) is 0 Å². The first-order valence-corrected chi connectivity index (χ1v) is 6.57. The highest BCUT2D eigenvalue weighted by Gasteiger charge is 2.22. The molecule has 6 nitrogen and oxygen atoms in total. The Hall–Kier alpha value is -1.82. The summed E-state index contributed by atoms with van der Waals surface area (Å²) in [5.74, 6) is -0.00257. The summed E-state index contributed by atoms with van der Waals surface area (Å²) < 4.78 is 0. The zero-order valence-electron chi connectivity index (χ0n) is 10.9. The number of aliphatic hydroxyl groups excluding tert-OH is 1. The standard InChI is InChI=1S/C13H20N4O2/c14-13(16-19)12-9-11(5-6-15-12)17(7-8-18)10-3-1-2-4-10/h5-6,9-10,18-19H,1-4,7-8H2,(H2,14,16). The molecule has 0 atom stereocenters. The monoisotopic (exact) mass is 264 g/mol. The molecule has 1 saturated carbocycles. The Kier molecular flexibility index (Phi) is 4.57. The van der Waals surface area contributed by atoms with Crippen molar-refractivity contribution in [2.24, 2.45) is 10.9 Å². The normalized spacial score (nSPS) is 16.8. The molecular weight excluding hydrogens is 244 g/mol. The van der Waals surface area contributed by atoms with Crippen LogP contribution in [0, 0.1) is 0 Å². The van der Waals surface area contributed by atoms with Gasteiger partial charge >= 0.3 is 0 Å². The molecule has 1 heterocycles. The largest absolute Gasteiger partial charge is 0.409 e. The molecule has 2 rings (SSSR count). The fourth-order valence-electron chi connectivity index (χ4n) is 2.64. The van der Waals surface area contributed by atoms with Gasteiger partial charge in [-0.2, -0.15) is 0 Å². The molecule has 1 aromatic heterocycles. The number of amidine groups is 1. The van der Waals surface area contributed by atoms with Crippen LogP contribution in [0.4, 0.5) is 5.69 Å². The van der Waals surface area contributed by atoms with Crippen LogP contribution >= 0.6 is 0 Å². The van der Waals surface area contributed by atoms with Gasteiger partial charge in [-0.25, -0.2) is 0 Å². The van der Waals surface area contributed by atoms with Crippen molar-refractivity contribution in [3.05, 3.63) is 24.0 Å². The number of hydrogen-bond acceptors (Lipinski definition) is 5. The third-order valence-electron chi connectivity index (χ3n) is 3.55. The van der Waals surface area contributed by atoms with Crippen molar-refractivity contribution in [2.45, 2.75) is 31.7 Å². The van der Waals surface area contributed by atoms with Gasteiger partial charge in [0.2, 0.25) is 0 Å². The highest BCUT2D eigenvalue weighted by molar-refractivity contribution is 5.95. The van der Waals surface area contributed by atoms with Gasteiger partial charge in [0, 0.05) is 24.5 Å². The maximum absolute atomic E-state index is 9.24. The van der Waals surface area contributed by atoms with Gasteiger partial charge in [0.05, 0.1) is 6.61 Å². The van der Waals surface area contributed by atoms with E-state index in [1.165, 1.54) is 12.8 Å². The Morgan fingerprint density at radius 1 is 1.47 bits per heavy atom. The van der Waals surface area contributed by atoms with E-state index in [4.69, 9.17) is 10.9 Å². The van der Waals surface area contributed by atoms with Crippen molar-refractivity contribution >= 4 is 11.5 Å². The van der Waals surface area contributed by atoms with E-state index in [0.29, 0.717) is 18.3 Å². The fraction of sp³-hybridized carbons (Fsp3) is 0.538. The van der Waals surface area contributed by atoms with Crippen LogP contribution in [0.2, 0.25) is 0 Å². The smallest absolute Gasteiger partial charge is 0.188 e. The minimum Gasteiger partial charge on any atom is -0.409 e. The lowest BCUT2D eigenvalue weighted by molar-refractivity contribution is 0.297. The molecule has 19 heavy (non-hydrogen) atoms. The van der Waals surface area contributed by atoms with Crippen molar-refractivity contribution in [1.29, 1.82) is 0 Å². The van der Waals surface area contributed by atoms with Gasteiger partial charge in [0.1, 0.15) is 5.69 Å². The number of aliphatic hydroxyl groups is 1. The van der Waals surface area contributed by atoms with Gasteiger partial charge in [-0.05, 0) is 25.0 Å². The van der Waals surface area contributed by atoms with Crippen molar-refractivity contribution in [2.75, 3.05) is 18.1 Å². The molecule has 0 amide bonds. The lowest BCUT2D eigenvalue weighted by atomic mass is 10.1. The minimum atomic E-state index is -0.00257. The van der Waals surface area contributed by atoms with Gasteiger partial charge in [-0.1, -0.05) is 18.0 Å². The summed E-state index contributed by atoms with van der Waals surface area (Å²) in [7, 11) is 0. The predicted octanol–water partition coefficient (Wildman–Crippen LogP) is 0.917. The predicted molar refractivity (Wildman–Crippen MR) is 73.4 cm³/mol. The quantitative estimate of drug-likeness (QED) is 0.318. The van der Waals surface area contributed by atoms with E-state index in [1.54, 1.807) is 12.3 Å². The van der Waals surface area contributed by atoms with Crippen molar-refractivity contribution < 1.29 is 10.3 Å². The Morgan fingerprint density at radius 3 is 2.84 bits per heavy atom. The molecule has 0 unspecified atom stereocenters. The summed E-state index contributed by atoms with van der Waals surface area (Å²) in [6.07, 6.45) is 6.38.